The summed E-state index contributed by atoms with van der Waals surface area (Å²) in [4.78, 5) is 24.4. The van der Waals surface area contributed by atoms with Gasteiger partial charge in [0.25, 0.3) is 0 Å². The van der Waals surface area contributed by atoms with Gasteiger partial charge in [-0.2, -0.15) is 0 Å². The van der Waals surface area contributed by atoms with Crippen molar-refractivity contribution in [3.8, 4) is 0 Å². The molecule has 2 saturated heterocycles. The molecule has 164 valence electrons. The number of allylic oxidation sites excluding steroid dienone is 3. The SMILES string of the molecule is C=C(C)[C@@H]1CC=C(COP2(=O)OC[C@H]3O[C@@H](N4C=C(F)C(=O)CC4=O)C[C@@H]3O2)CC1. The number of rotatable bonds is 5. The summed E-state index contributed by atoms with van der Waals surface area (Å²) in [6.07, 6.45) is 3.26. The van der Waals surface area contributed by atoms with E-state index in [0.717, 1.165) is 41.5 Å². The summed E-state index contributed by atoms with van der Waals surface area (Å²) in [6, 6.07) is 0. The van der Waals surface area contributed by atoms with E-state index >= 15 is 0 Å². The second kappa shape index (κ2) is 8.48. The Morgan fingerprint density at radius 2 is 2.20 bits per heavy atom. The molecule has 1 aliphatic carbocycles. The summed E-state index contributed by atoms with van der Waals surface area (Å²) in [5, 5.41) is 0. The first-order valence-electron chi connectivity index (χ1n) is 10.0. The molecule has 4 rings (SSSR count). The summed E-state index contributed by atoms with van der Waals surface area (Å²) in [5.41, 5.74) is 2.20. The summed E-state index contributed by atoms with van der Waals surface area (Å²) in [6.45, 7) is 6.15. The van der Waals surface area contributed by atoms with E-state index in [0.29, 0.717) is 5.92 Å². The van der Waals surface area contributed by atoms with E-state index in [4.69, 9.17) is 18.3 Å². The van der Waals surface area contributed by atoms with Crippen molar-refractivity contribution >= 4 is 19.5 Å². The van der Waals surface area contributed by atoms with Crippen LogP contribution >= 0.6 is 7.82 Å². The van der Waals surface area contributed by atoms with Gasteiger partial charge in [0.1, 0.15) is 18.4 Å². The minimum atomic E-state index is -3.77. The number of hydrogen-bond acceptors (Lipinski definition) is 7. The number of halogens is 1. The number of phosphoric acid groups is 1. The predicted molar refractivity (Wildman–Crippen MR) is 104 cm³/mol. The maximum atomic E-state index is 13.6. The van der Waals surface area contributed by atoms with Crippen LogP contribution in [-0.4, -0.2) is 48.2 Å². The van der Waals surface area contributed by atoms with Gasteiger partial charge >= 0.3 is 7.82 Å². The van der Waals surface area contributed by atoms with Gasteiger partial charge in [0.05, 0.1) is 19.6 Å². The van der Waals surface area contributed by atoms with Gasteiger partial charge in [-0.3, -0.25) is 28.1 Å². The van der Waals surface area contributed by atoms with Crippen LogP contribution in [0.4, 0.5) is 4.39 Å². The molecule has 2 fully saturated rings. The van der Waals surface area contributed by atoms with Crippen molar-refractivity contribution in [2.75, 3.05) is 13.2 Å². The largest absolute Gasteiger partial charge is 0.475 e. The first-order valence-corrected chi connectivity index (χ1v) is 11.5. The smallest absolute Gasteiger partial charge is 0.349 e. The molecule has 3 aliphatic heterocycles. The number of carbonyl (C=O) groups is 2. The van der Waals surface area contributed by atoms with Crippen molar-refractivity contribution in [2.24, 2.45) is 5.92 Å². The van der Waals surface area contributed by atoms with E-state index in [1.165, 1.54) is 0 Å². The van der Waals surface area contributed by atoms with E-state index in [-0.39, 0.29) is 19.6 Å². The molecule has 0 spiro atoms. The molecule has 3 heterocycles. The van der Waals surface area contributed by atoms with Crippen molar-refractivity contribution in [3.63, 3.8) is 0 Å². The minimum absolute atomic E-state index is 0.0254. The summed E-state index contributed by atoms with van der Waals surface area (Å²) < 4.78 is 48.6. The molecule has 0 aromatic carbocycles. The normalized spacial score (nSPS) is 36.9. The Morgan fingerprint density at radius 1 is 1.40 bits per heavy atom. The Labute approximate surface area is 174 Å². The third-order valence-corrected chi connectivity index (χ3v) is 7.32. The highest BCUT2D eigenvalue weighted by molar-refractivity contribution is 7.48. The number of ketones is 1. The Bertz CT molecular complexity index is 869. The summed E-state index contributed by atoms with van der Waals surface area (Å²) >= 11 is 0. The van der Waals surface area contributed by atoms with E-state index < -0.39 is 50.2 Å². The van der Waals surface area contributed by atoms with Crippen LogP contribution in [0.5, 0.6) is 0 Å². The van der Waals surface area contributed by atoms with Crippen molar-refractivity contribution < 1.29 is 36.9 Å². The zero-order valence-corrected chi connectivity index (χ0v) is 17.6. The Balaban J connectivity index is 1.33. The molecule has 1 amide bonds. The lowest BCUT2D eigenvalue weighted by Crippen LogP contribution is -2.40. The Morgan fingerprint density at radius 3 is 2.90 bits per heavy atom. The maximum Gasteiger partial charge on any atom is 0.475 e. The van der Waals surface area contributed by atoms with Crippen LogP contribution in [0.3, 0.4) is 0 Å². The number of hydrogen-bond donors (Lipinski definition) is 0. The van der Waals surface area contributed by atoms with Gasteiger partial charge in [-0.15, -0.1) is 0 Å². The number of amides is 1. The number of fused-ring (bicyclic) bond motifs is 1. The quantitative estimate of drug-likeness (QED) is 0.366. The lowest BCUT2D eigenvalue weighted by Gasteiger charge is -2.30. The number of carbonyl (C=O) groups excluding carboxylic acids is 2. The first kappa shape index (κ1) is 21.6. The molecule has 0 saturated carbocycles. The van der Waals surface area contributed by atoms with Gasteiger partial charge in [0.2, 0.25) is 11.7 Å². The lowest BCUT2D eigenvalue weighted by atomic mass is 9.86. The molecule has 1 unspecified atom stereocenters. The highest BCUT2D eigenvalue weighted by Gasteiger charge is 2.49. The highest BCUT2D eigenvalue weighted by Crippen LogP contribution is 2.56. The Kier molecular flexibility index (Phi) is 6.10. The molecule has 0 aromatic rings. The van der Waals surface area contributed by atoms with Crippen LogP contribution in [0, 0.1) is 5.92 Å². The van der Waals surface area contributed by atoms with Gasteiger partial charge in [-0.05, 0) is 37.7 Å². The topological polar surface area (TPSA) is 91.4 Å². The van der Waals surface area contributed by atoms with Crippen LogP contribution in [0.25, 0.3) is 0 Å². The molecule has 30 heavy (non-hydrogen) atoms. The van der Waals surface area contributed by atoms with Crippen molar-refractivity contribution in [1.82, 2.24) is 4.90 Å². The monoisotopic (exact) mass is 441 g/mol. The van der Waals surface area contributed by atoms with Crippen molar-refractivity contribution in [3.05, 3.63) is 35.8 Å². The minimum Gasteiger partial charge on any atom is -0.349 e. The van der Waals surface area contributed by atoms with Crippen molar-refractivity contribution in [1.29, 1.82) is 0 Å². The highest BCUT2D eigenvalue weighted by atomic mass is 31.2. The molecule has 4 aliphatic rings. The van der Waals surface area contributed by atoms with E-state index in [1.54, 1.807) is 0 Å². The second-order valence-corrected chi connectivity index (χ2v) is 9.70. The van der Waals surface area contributed by atoms with Crippen LogP contribution in [0.1, 0.15) is 39.0 Å². The standard InChI is InChI=1S/C20H25FNO7P/c1-12(2)14-5-3-13(4-6-14)10-26-30(25)27-11-18-17(29-30)8-20(28-18)22-9-15(21)16(23)7-19(22)24/h3,9,14,17-18,20H,1,4-8,10-11H2,2H3/t14-,17+,18-,20-,30?/m1/s1. The number of nitrogens with zero attached hydrogens (tertiary/aromatic N) is 1. The van der Waals surface area contributed by atoms with Crippen LogP contribution < -0.4 is 0 Å². The molecule has 8 nitrogen and oxygen atoms in total. The summed E-state index contributed by atoms with van der Waals surface area (Å²) in [5.74, 6) is -1.93. The fraction of sp³-hybridized carbons (Fsp3) is 0.600. The van der Waals surface area contributed by atoms with Crippen molar-refractivity contribution in [2.45, 2.75) is 57.5 Å². The van der Waals surface area contributed by atoms with Gasteiger partial charge < -0.3 is 4.74 Å². The number of ether oxygens (including phenoxy) is 1. The Hall–Kier alpha value is -1.64. The van der Waals surface area contributed by atoms with E-state index in [2.05, 4.69) is 12.7 Å². The maximum absolute atomic E-state index is 13.6. The predicted octanol–water partition coefficient (Wildman–Crippen LogP) is 3.56. The first-order chi connectivity index (χ1) is 14.2. The number of phosphoric ester groups is 1. The van der Waals surface area contributed by atoms with Gasteiger partial charge in [-0.1, -0.05) is 18.2 Å². The van der Waals surface area contributed by atoms with E-state index in [1.807, 2.05) is 6.92 Å². The van der Waals surface area contributed by atoms with Crippen LogP contribution in [0.15, 0.2) is 35.8 Å². The molecule has 10 heteroatoms. The molecule has 0 radical (unpaired) electrons. The third kappa shape index (κ3) is 4.50. The number of Topliss-reactive ketones (excluding diaryl/α,β-unsaturated/α-hetero) is 1. The average molecular weight is 441 g/mol. The zero-order valence-electron chi connectivity index (χ0n) is 16.8. The van der Waals surface area contributed by atoms with Gasteiger partial charge in [0.15, 0.2) is 5.83 Å². The molecule has 5 atom stereocenters. The fourth-order valence-corrected chi connectivity index (χ4v) is 5.42. The lowest BCUT2D eigenvalue weighted by molar-refractivity contribution is -0.146. The average Bonchev–Trinajstić information content (AvgIpc) is 3.12. The molecule has 0 aromatic heterocycles. The summed E-state index contributed by atoms with van der Waals surface area (Å²) in [7, 11) is -3.77. The molecule has 0 bridgehead atoms. The molecule has 0 N–H and O–H groups in total. The van der Waals surface area contributed by atoms with E-state index in [9.17, 15) is 18.5 Å². The van der Waals surface area contributed by atoms with Gasteiger partial charge in [0, 0.05) is 12.6 Å². The van der Waals surface area contributed by atoms with Crippen LogP contribution in [0.2, 0.25) is 0 Å². The molecular weight excluding hydrogens is 416 g/mol. The second-order valence-electron chi connectivity index (χ2n) is 8.08. The van der Waals surface area contributed by atoms with Gasteiger partial charge in [-0.25, -0.2) is 8.96 Å². The third-order valence-electron chi connectivity index (χ3n) is 5.88. The zero-order chi connectivity index (χ0) is 21.5. The van der Waals surface area contributed by atoms with Crippen LogP contribution in [-0.2, 0) is 32.5 Å². The molecular formula is C20H25FNO7P. The fourth-order valence-electron chi connectivity index (χ4n) is 4.01.